The number of pyridine rings is 1. The molecular weight excluding hydrogens is 500 g/mol. The van der Waals surface area contributed by atoms with Crippen LogP contribution in [0.15, 0.2) is 54.7 Å². The van der Waals surface area contributed by atoms with E-state index in [1.165, 1.54) is 16.7 Å². The Labute approximate surface area is 237 Å². The molecule has 1 heterocycles. The summed E-state index contributed by atoms with van der Waals surface area (Å²) in [5.41, 5.74) is 13.3. The van der Waals surface area contributed by atoms with Gasteiger partial charge in [0.1, 0.15) is 5.82 Å². The standard InChI is InChI=1S/C33H42N4O3/c1-21-9-10-24(15-22(21)2)20-40-31-8-4-7-30(31)37-33(39)29-17-26(19-36-32(29)34)25-6-3-5-23(16-25)18-35-27-11-13-28(38)14-12-27/h3,5-6,9-10,15-17,19,27-28,30-31,35,38H,4,7-8,11-14,18,20H2,1-2H3,(H2,34,36)(H,37,39)/t27?,28?,30-,31-/m0/s1. The summed E-state index contributed by atoms with van der Waals surface area (Å²) in [5, 5.41) is 16.6. The first-order valence-electron chi connectivity index (χ1n) is 14.6. The number of anilines is 1. The van der Waals surface area contributed by atoms with Gasteiger partial charge in [0.15, 0.2) is 0 Å². The summed E-state index contributed by atoms with van der Waals surface area (Å²) in [7, 11) is 0. The van der Waals surface area contributed by atoms with Crippen LogP contribution in [0.25, 0.3) is 11.1 Å². The lowest BCUT2D eigenvalue weighted by atomic mass is 9.93. The monoisotopic (exact) mass is 542 g/mol. The van der Waals surface area contributed by atoms with E-state index >= 15 is 0 Å². The molecule has 2 saturated carbocycles. The first kappa shape index (κ1) is 28.3. The zero-order chi connectivity index (χ0) is 28.1. The first-order valence-corrected chi connectivity index (χ1v) is 14.6. The Morgan fingerprint density at radius 3 is 2.60 bits per heavy atom. The largest absolute Gasteiger partial charge is 0.393 e. The van der Waals surface area contributed by atoms with Crippen molar-refractivity contribution in [3.05, 3.63) is 82.5 Å². The summed E-state index contributed by atoms with van der Waals surface area (Å²) in [5.74, 6) is 0.0139. The fourth-order valence-corrected chi connectivity index (χ4v) is 5.85. The smallest absolute Gasteiger partial charge is 0.255 e. The van der Waals surface area contributed by atoms with Crippen LogP contribution < -0.4 is 16.4 Å². The van der Waals surface area contributed by atoms with E-state index in [1.54, 1.807) is 6.20 Å². The van der Waals surface area contributed by atoms with Crippen LogP contribution in [0.2, 0.25) is 0 Å². The first-order chi connectivity index (χ1) is 19.4. The van der Waals surface area contributed by atoms with E-state index in [0.717, 1.165) is 68.2 Å². The van der Waals surface area contributed by atoms with E-state index in [0.29, 0.717) is 18.2 Å². The van der Waals surface area contributed by atoms with E-state index in [-0.39, 0.29) is 30.0 Å². The summed E-state index contributed by atoms with van der Waals surface area (Å²) in [6.07, 6.45) is 8.08. The van der Waals surface area contributed by atoms with Crippen LogP contribution in [0.3, 0.4) is 0 Å². The number of nitrogen functional groups attached to an aromatic ring is 1. The number of nitrogens with zero attached hydrogens (tertiary/aromatic N) is 1. The molecule has 1 amide bonds. The number of rotatable bonds is 9. The van der Waals surface area contributed by atoms with E-state index in [1.807, 2.05) is 18.2 Å². The highest BCUT2D eigenvalue weighted by Gasteiger charge is 2.30. The van der Waals surface area contributed by atoms with E-state index < -0.39 is 0 Å². The second-order valence-corrected chi connectivity index (χ2v) is 11.5. The maximum atomic E-state index is 13.4. The number of hydrogen-bond acceptors (Lipinski definition) is 6. The molecule has 7 nitrogen and oxygen atoms in total. The Kier molecular flexibility index (Phi) is 9.15. The molecule has 2 aliphatic carbocycles. The molecule has 0 radical (unpaired) electrons. The maximum absolute atomic E-state index is 13.4. The highest BCUT2D eigenvalue weighted by molar-refractivity contribution is 5.99. The lowest BCUT2D eigenvalue weighted by Gasteiger charge is -2.26. The Bertz CT molecular complexity index is 1320. The molecule has 0 bridgehead atoms. The van der Waals surface area contributed by atoms with Crippen LogP contribution in [0.1, 0.15) is 77.6 Å². The third kappa shape index (κ3) is 7.08. The molecule has 5 rings (SSSR count). The second kappa shape index (κ2) is 12.9. The van der Waals surface area contributed by atoms with Gasteiger partial charge >= 0.3 is 0 Å². The summed E-state index contributed by atoms with van der Waals surface area (Å²) in [6.45, 7) is 5.51. The van der Waals surface area contributed by atoms with Gasteiger partial charge in [-0.15, -0.1) is 0 Å². The molecule has 7 heteroatoms. The van der Waals surface area contributed by atoms with Crippen molar-refractivity contribution in [2.45, 2.75) is 96.2 Å². The van der Waals surface area contributed by atoms with Gasteiger partial charge in [-0.1, -0.05) is 36.4 Å². The van der Waals surface area contributed by atoms with Crippen molar-refractivity contribution < 1.29 is 14.6 Å². The van der Waals surface area contributed by atoms with Gasteiger partial charge in [0.25, 0.3) is 5.91 Å². The van der Waals surface area contributed by atoms with Crippen molar-refractivity contribution in [1.29, 1.82) is 0 Å². The molecular formula is C33H42N4O3. The molecule has 5 N–H and O–H groups in total. The number of nitrogens with one attached hydrogen (secondary N) is 2. The van der Waals surface area contributed by atoms with Crippen LogP contribution in [-0.2, 0) is 17.9 Å². The minimum absolute atomic E-state index is 0.0282. The zero-order valence-corrected chi connectivity index (χ0v) is 23.7. The number of carbonyl (C=O) groups excluding carboxylic acids is 1. The van der Waals surface area contributed by atoms with Crippen LogP contribution >= 0.6 is 0 Å². The van der Waals surface area contributed by atoms with Crippen molar-refractivity contribution in [2.24, 2.45) is 0 Å². The van der Waals surface area contributed by atoms with Crippen LogP contribution in [0.4, 0.5) is 5.82 Å². The minimum atomic E-state index is -0.212. The van der Waals surface area contributed by atoms with Gasteiger partial charge in [-0.2, -0.15) is 0 Å². The van der Waals surface area contributed by atoms with Gasteiger partial charge in [0, 0.05) is 24.3 Å². The molecule has 2 fully saturated rings. The topological polar surface area (TPSA) is 110 Å². The Balaban J connectivity index is 1.21. The van der Waals surface area contributed by atoms with Crippen molar-refractivity contribution in [1.82, 2.24) is 15.6 Å². The Morgan fingerprint density at radius 2 is 1.80 bits per heavy atom. The number of amides is 1. The van der Waals surface area contributed by atoms with E-state index in [2.05, 4.69) is 59.8 Å². The summed E-state index contributed by atoms with van der Waals surface area (Å²) in [6, 6.07) is 16.9. The molecule has 2 aromatic carbocycles. The molecule has 2 atom stereocenters. The van der Waals surface area contributed by atoms with Gasteiger partial charge in [0.05, 0.1) is 30.4 Å². The number of carbonyl (C=O) groups is 1. The summed E-state index contributed by atoms with van der Waals surface area (Å²) >= 11 is 0. The molecule has 40 heavy (non-hydrogen) atoms. The van der Waals surface area contributed by atoms with Gasteiger partial charge in [-0.3, -0.25) is 4.79 Å². The Hall–Kier alpha value is -3.26. The summed E-state index contributed by atoms with van der Waals surface area (Å²) < 4.78 is 6.26. The van der Waals surface area contributed by atoms with Crippen LogP contribution in [-0.4, -0.2) is 40.3 Å². The van der Waals surface area contributed by atoms with Crippen molar-refractivity contribution in [3.8, 4) is 11.1 Å². The average Bonchev–Trinajstić information content (AvgIpc) is 3.40. The number of nitrogens with two attached hydrogens (primary N) is 1. The molecule has 2 aliphatic rings. The van der Waals surface area contributed by atoms with Crippen molar-refractivity contribution in [3.63, 3.8) is 0 Å². The fourth-order valence-electron chi connectivity index (χ4n) is 5.85. The molecule has 212 valence electrons. The van der Waals surface area contributed by atoms with Crippen molar-refractivity contribution in [2.75, 3.05) is 5.73 Å². The Morgan fingerprint density at radius 1 is 0.975 bits per heavy atom. The number of aliphatic hydroxyl groups excluding tert-OH is 1. The highest BCUT2D eigenvalue weighted by Crippen LogP contribution is 2.27. The second-order valence-electron chi connectivity index (χ2n) is 11.5. The predicted molar refractivity (Wildman–Crippen MR) is 159 cm³/mol. The average molecular weight is 543 g/mol. The van der Waals surface area contributed by atoms with Crippen LogP contribution in [0, 0.1) is 13.8 Å². The third-order valence-corrected chi connectivity index (χ3v) is 8.52. The quantitative estimate of drug-likeness (QED) is 0.296. The van der Waals surface area contributed by atoms with Crippen molar-refractivity contribution >= 4 is 11.7 Å². The number of aromatic nitrogens is 1. The molecule has 0 unspecified atom stereocenters. The number of aryl methyl sites for hydroxylation is 2. The molecule has 3 aromatic rings. The van der Waals surface area contributed by atoms with Gasteiger partial charge in [-0.25, -0.2) is 4.98 Å². The molecule has 0 saturated heterocycles. The number of ether oxygens (including phenoxy) is 1. The van der Waals surface area contributed by atoms with E-state index in [9.17, 15) is 9.90 Å². The molecule has 0 spiro atoms. The van der Waals surface area contributed by atoms with Crippen LogP contribution in [0.5, 0.6) is 0 Å². The third-order valence-electron chi connectivity index (χ3n) is 8.52. The molecule has 0 aliphatic heterocycles. The normalized spacial score (nSPS) is 22.8. The van der Waals surface area contributed by atoms with E-state index in [4.69, 9.17) is 10.5 Å². The lowest BCUT2D eigenvalue weighted by molar-refractivity contribution is 0.0272. The number of benzene rings is 2. The van der Waals surface area contributed by atoms with Gasteiger partial charge in [-0.05, 0) is 98.7 Å². The molecule has 1 aromatic heterocycles. The fraction of sp³-hybridized carbons (Fsp3) is 0.455. The lowest BCUT2D eigenvalue weighted by Crippen LogP contribution is -2.41. The van der Waals surface area contributed by atoms with Gasteiger partial charge < -0.3 is 26.2 Å². The minimum Gasteiger partial charge on any atom is -0.393 e. The zero-order valence-electron chi connectivity index (χ0n) is 23.7. The SMILES string of the molecule is Cc1ccc(CO[C@H]2CCC[C@@H]2NC(=O)c2cc(-c3cccc(CNC4CCC(O)CC4)c3)cnc2N)cc1C. The highest BCUT2D eigenvalue weighted by atomic mass is 16.5. The number of hydrogen-bond donors (Lipinski definition) is 4. The maximum Gasteiger partial charge on any atom is 0.255 e. The van der Waals surface area contributed by atoms with Gasteiger partial charge in [0.2, 0.25) is 0 Å². The summed E-state index contributed by atoms with van der Waals surface area (Å²) in [4.78, 5) is 17.7. The number of aliphatic hydroxyl groups is 1. The predicted octanol–water partition coefficient (Wildman–Crippen LogP) is 5.21.